The van der Waals surface area contributed by atoms with Gasteiger partial charge in [-0.25, -0.2) is 0 Å². The summed E-state index contributed by atoms with van der Waals surface area (Å²) in [4.78, 5) is 2.12. The Hall–Kier alpha value is -2.86. The van der Waals surface area contributed by atoms with E-state index in [1.54, 1.807) is 0 Å². The number of hydrogen-bond donors (Lipinski definition) is 0. The topological polar surface area (TPSA) is 30.9 Å². The molecule has 5 heteroatoms. The summed E-state index contributed by atoms with van der Waals surface area (Å²) < 4.78 is 18.6. The summed E-state index contributed by atoms with van der Waals surface area (Å²) in [5.74, 6) is 0.891. The van der Waals surface area contributed by atoms with Crippen LogP contribution in [0.4, 0.5) is 0 Å². The van der Waals surface area contributed by atoms with Crippen LogP contribution in [0.2, 0.25) is 0 Å². The molecule has 0 radical (unpaired) electrons. The normalized spacial score (nSPS) is 17.0. The number of rotatable bonds is 10. The van der Waals surface area contributed by atoms with Gasteiger partial charge in [0.25, 0.3) is 0 Å². The van der Waals surface area contributed by atoms with Gasteiger partial charge in [-0.3, -0.25) is 0 Å². The number of ether oxygens (including phenoxy) is 1. The Kier molecular flexibility index (Phi) is 8.82. The third-order valence-electron chi connectivity index (χ3n) is 7.60. The van der Waals surface area contributed by atoms with Gasteiger partial charge in [0.15, 0.2) is 0 Å². The van der Waals surface area contributed by atoms with Crippen molar-refractivity contribution in [2.24, 2.45) is 0 Å². The molecular formula is C33H42BNO3. The van der Waals surface area contributed by atoms with E-state index in [-0.39, 0.29) is 18.3 Å². The molecule has 1 aliphatic rings. The lowest BCUT2D eigenvalue weighted by molar-refractivity contribution is 0.00578. The summed E-state index contributed by atoms with van der Waals surface area (Å²) in [6, 6.07) is 28.0. The molecule has 1 fully saturated rings. The van der Waals surface area contributed by atoms with Crippen LogP contribution in [-0.2, 0) is 9.31 Å². The third-order valence-corrected chi connectivity index (χ3v) is 7.60. The molecule has 0 atom stereocenters. The SMILES string of the molecule is CCC/C(=C(/c1ccc(OCCN(C)C)cc1)c1ccc(B2OC(C)(C)C(C)(C)O2)cc1)c1ccccc1. The number of nitrogens with zero attached hydrogens (tertiary/aromatic N) is 1. The monoisotopic (exact) mass is 511 g/mol. The van der Waals surface area contributed by atoms with Crippen molar-refractivity contribution in [1.29, 1.82) is 0 Å². The highest BCUT2D eigenvalue weighted by Gasteiger charge is 2.51. The molecule has 0 unspecified atom stereocenters. The van der Waals surface area contributed by atoms with Gasteiger partial charge in [0.05, 0.1) is 11.2 Å². The van der Waals surface area contributed by atoms with Crippen LogP contribution in [0.25, 0.3) is 11.1 Å². The average molecular weight is 512 g/mol. The number of allylic oxidation sites excluding steroid dienone is 1. The molecule has 0 N–H and O–H groups in total. The van der Waals surface area contributed by atoms with Crippen molar-refractivity contribution < 1.29 is 14.0 Å². The molecule has 0 spiro atoms. The molecule has 3 aromatic carbocycles. The summed E-state index contributed by atoms with van der Waals surface area (Å²) in [7, 11) is 3.74. The molecule has 3 aromatic rings. The maximum Gasteiger partial charge on any atom is 0.494 e. The molecule has 38 heavy (non-hydrogen) atoms. The number of likely N-dealkylation sites (N-methyl/N-ethyl adjacent to an activating group) is 1. The standard InChI is InChI=1S/C33H42BNO3/c1-8-12-30(25-13-10-9-11-14-25)31(27-17-21-29(22-18-27)36-24-23-35(6)7)26-15-19-28(20-16-26)34-37-32(2,3)33(4,5)38-34/h9-11,13-22H,8,12,23-24H2,1-7H3/b31-30-. The Morgan fingerprint density at radius 3 is 1.84 bits per heavy atom. The molecule has 0 amide bonds. The number of hydrogen-bond acceptors (Lipinski definition) is 4. The van der Waals surface area contributed by atoms with Crippen molar-refractivity contribution in [3.05, 3.63) is 95.6 Å². The Labute approximate surface area is 229 Å². The van der Waals surface area contributed by atoms with Gasteiger partial charge >= 0.3 is 7.12 Å². The van der Waals surface area contributed by atoms with E-state index >= 15 is 0 Å². The fraction of sp³-hybridized carbons (Fsp3) is 0.394. The van der Waals surface area contributed by atoms with Crippen LogP contribution in [0.3, 0.4) is 0 Å². The zero-order chi connectivity index (χ0) is 27.3. The van der Waals surface area contributed by atoms with Crippen molar-refractivity contribution in [2.75, 3.05) is 27.2 Å². The first-order chi connectivity index (χ1) is 18.1. The largest absolute Gasteiger partial charge is 0.494 e. The molecule has 0 aromatic heterocycles. The van der Waals surface area contributed by atoms with E-state index in [4.69, 9.17) is 14.0 Å². The molecule has 0 aliphatic carbocycles. The van der Waals surface area contributed by atoms with Crippen LogP contribution in [0, 0.1) is 0 Å². The smallest absolute Gasteiger partial charge is 0.492 e. The van der Waals surface area contributed by atoms with Gasteiger partial charge in [-0.15, -0.1) is 0 Å². The van der Waals surface area contributed by atoms with E-state index in [9.17, 15) is 0 Å². The second-order valence-corrected chi connectivity index (χ2v) is 11.4. The zero-order valence-electron chi connectivity index (χ0n) is 24.1. The second-order valence-electron chi connectivity index (χ2n) is 11.4. The van der Waals surface area contributed by atoms with Crippen LogP contribution in [0.5, 0.6) is 5.75 Å². The predicted molar refractivity (Wildman–Crippen MR) is 160 cm³/mol. The molecule has 0 bridgehead atoms. The Morgan fingerprint density at radius 2 is 1.32 bits per heavy atom. The van der Waals surface area contributed by atoms with Gasteiger partial charge < -0.3 is 18.9 Å². The predicted octanol–water partition coefficient (Wildman–Crippen LogP) is 6.69. The summed E-state index contributed by atoms with van der Waals surface area (Å²) in [5, 5.41) is 0. The van der Waals surface area contributed by atoms with Gasteiger partial charge in [0.1, 0.15) is 12.4 Å². The van der Waals surface area contributed by atoms with E-state index < -0.39 is 0 Å². The quantitative estimate of drug-likeness (QED) is 0.224. The van der Waals surface area contributed by atoms with Crippen LogP contribution in [0.1, 0.15) is 64.2 Å². The fourth-order valence-corrected chi connectivity index (χ4v) is 4.67. The van der Waals surface area contributed by atoms with Crippen LogP contribution >= 0.6 is 0 Å². The lowest BCUT2D eigenvalue weighted by atomic mass is 9.78. The zero-order valence-corrected chi connectivity index (χ0v) is 24.1. The lowest BCUT2D eigenvalue weighted by Gasteiger charge is -2.32. The number of benzene rings is 3. The summed E-state index contributed by atoms with van der Waals surface area (Å²) in [5.41, 5.74) is 6.52. The van der Waals surface area contributed by atoms with E-state index in [1.165, 1.54) is 27.8 Å². The highest BCUT2D eigenvalue weighted by molar-refractivity contribution is 6.62. The molecule has 4 rings (SSSR count). The van der Waals surface area contributed by atoms with Crippen molar-refractivity contribution in [3.8, 4) is 5.75 Å². The van der Waals surface area contributed by atoms with Crippen molar-refractivity contribution in [1.82, 2.24) is 4.90 Å². The van der Waals surface area contributed by atoms with E-state index in [2.05, 4.69) is 132 Å². The minimum Gasteiger partial charge on any atom is -0.492 e. The summed E-state index contributed by atoms with van der Waals surface area (Å²) >= 11 is 0. The van der Waals surface area contributed by atoms with Crippen LogP contribution < -0.4 is 10.2 Å². The first-order valence-electron chi connectivity index (χ1n) is 13.7. The maximum atomic E-state index is 6.30. The molecule has 200 valence electrons. The highest BCUT2D eigenvalue weighted by atomic mass is 16.7. The van der Waals surface area contributed by atoms with Gasteiger partial charge in [0, 0.05) is 6.54 Å². The maximum absolute atomic E-state index is 6.30. The fourth-order valence-electron chi connectivity index (χ4n) is 4.67. The Morgan fingerprint density at radius 1 is 0.763 bits per heavy atom. The first-order valence-corrected chi connectivity index (χ1v) is 13.7. The minimum atomic E-state index is -0.371. The van der Waals surface area contributed by atoms with E-state index in [0.717, 1.165) is 30.6 Å². The average Bonchev–Trinajstić information content (AvgIpc) is 3.12. The molecule has 4 nitrogen and oxygen atoms in total. The van der Waals surface area contributed by atoms with Crippen molar-refractivity contribution in [2.45, 2.75) is 58.7 Å². The Balaban J connectivity index is 1.72. The van der Waals surface area contributed by atoms with Crippen LogP contribution in [-0.4, -0.2) is 50.5 Å². The molecule has 1 heterocycles. The highest BCUT2D eigenvalue weighted by Crippen LogP contribution is 2.38. The summed E-state index contributed by atoms with van der Waals surface area (Å²) in [6.07, 6.45) is 2.05. The molecular weight excluding hydrogens is 469 g/mol. The van der Waals surface area contributed by atoms with E-state index in [1.807, 2.05) is 0 Å². The molecule has 1 saturated heterocycles. The van der Waals surface area contributed by atoms with Gasteiger partial charge in [-0.2, -0.15) is 0 Å². The second kappa shape index (κ2) is 11.9. The van der Waals surface area contributed by atoms with Crippen molar-refractivity contribution >= 4 is 23.7 Å². The van der Waals surface area contributed by atoms with Crippen molar-refractivity contribution in [3.63, 3.8) is 0 Å². The first kappa shape index (κ1) is 28.2. The Bertz CT molecular complexity index is 1200. The molecule has 0 saturated carbocycles. The van der Waals surface area contributed by atoms with Gasteiger partial charge in [0.2, 0.25) is 0 Å². The van der Waals surface area contributed by atoms with Gasteiger partial charge in [-0.05, 0) is 93.6 Å². The lowest BCUT2D eigenvalue weighted by Crippen LogP contribution is -2.41. The molecule has 1 aliphatic heterocycles. The van der Waals surface area contributed by atoms with Crippen LogP contribution in [0.15, 0.2) is 78.9 Å². The minimum absolute atomic E-state index is 0.362. The summed E-state index contributed by atoms with van der Waals surface area (Å²) in [6.45, 7) is 12.2. The van der Waals surface area contributed by atoms with Gasteiger partial charge in [-0.1, -0.05) is 80.1 Å². The third kappa shape index (κ3) is 6.40. The van der Waals surface area contributed by atoms with E-state index in [0.29, 0.717) is 6.61 Å².